The minimum absolute atomic E-state index is 0.0660. The first-order valence-corrected chi connectivity index (χ1v) is 32.0. The second-order valence-electron chi connectivity index (χ2n) is 23.6. The highest BCUT2D eigenvalue weighted by Gasteiger charge is 2.48. The number of hydrogen-bond donors (Lipinski definition) is 18. The van der Waals surface area contributed by atoms with Crippen molar-refractivity contribution in [1.29, 1.82) is 0 Å². The molecule has 532 valence electrons. The second kappa shape index (κ2) is 43.1. The monoisotopic (exact) mass is 1320 g/mol. The van der Waals surface area contributed by atoms with E-state index in [4.69, 9.17) is 37.9 Å². The Morgan fingerprint density at radius 3 is 1.00 bits per heavy atom. The van der Waals surface area contributed by atoms with E-state index in [2.05, 4.69) is 12.2 Å². The fraction of sp³-hybridized carbons (Fsp3) is 0.931. The number of unbranched alkanes of at least 4 members (excludes halogenated alkanes) is 13. The summed E-state index contributed by atoms with van der Waals surface area (Å²) in [6.07, 6.45) is -20.9. The van der Waals surface area contributed by atoms with E-state index in [9.17, 15) is 96.4 Å². The van der Waals surface area contributed by atoms with Crippen molar-refractivity contribution in [2.75, 3.05) is 98.7 Å². The summed E-state index contributed by atoms with van der Waals surface area (Å²) >= 11 is 0. The summed E-state index contributed by atoms with van der Waals surface area (Å²) in [6, 6.07) is -1.26. The molecule has 0 aromatic rings. The number of hydrogen-bond acceptors (Lipinski definition) is 29. The Bertz CT molecular complexity index is 1840. The van der Waals surface area contributed by atoms with Crippen molar-refractivity contribution in [2.45, 2.75) is 245 Å². The van der Waals surface area contributed by atoms with Crippen LogP contribution in [0.1, 0.15) is 116 Å². The molecule has 1 unspecified atom stereocenters. The molecule has 3 amide bonds. The molecule has 0 aromatic carbocycles. The Balaban J connectivity index is 1.71. The normalized spacial score (nSPS) is 32.4. The lowest BCUT2D eigenvalue weighted by molar-refractivity contribution is -0.303. The van der Waals surface area contributed by atoms with Crippen LogP contribution in [0.15, 0.2) is 0 Å². The first-order chi connectivity index (χ1) is 43.5. The molecule has 4 fully saturated rings. The predicted octanol–water partition coefficient (Wildman–Crippen LogP) is -6.57. The third-order valence-corrected chi connectivity index (χ3v) is 16.8. The maximum absolute atomic E-state index is 15.1. The van der Waals surface area contributed by atoms with Crippen LogP contribution >= 0.6 is 0 Å². The number of aliphatic hydroxyl groups is 16. The van der Waals surface area contributed by atoms with Crippen LogP contribution in [0.5, 0.6) is 0 Å². The number of carbonyl (C=O) groups excluding carboxylic acids is 3. The molecule has 0 bridgehead atoms. The number of nitrogens with one attached hydrogen (secondary N) is 1. The van der Waals surface area contributed by atoms with E-state index in [-0.39, 0.29) is 19.4 Å². The Morgan fingerprint density at radius 1 is 0.407 bits per heavy atom. The standard InChI is InChI=1S/C58H106N4O29/c1-2-3-4-5-6-7-8-9-10-11-12-14-17-34(54(83)59-19-16-13-15-18-41(69)70)62(28-39(67)60(20-24-84-55-50(79)46(75)42(71)35(30-63)88-55)21-25-85-56-51(80)47(76)43(72)36(31-64)89-56)29-40(68)61(22-26-86-57-52(81)48(77)44(73)37(32-65)90-57)23-27-87-58-53(82)49(78)45(74)38(33-66)91-58/h34-38,42-53,55-58,63-66,71-82H,2-33H2,1H3,(H,59,83)(H,69,70)/t34?,35-,36-,37-,38-,42-,43-,44-,45-,46+,47+,48+,49+,50+,51+,52+,53+,55+,56+,57+,58+/m1/s1. The molecule has 33 heteroatoms. The Hall–Kier alpha value is -3.12. The molecule has 0 aromatic heterocycles. The number of aliphatic hydroxyl groups excluding tert-OH is 16. The third kappa shape index (κ3) is 25.8. The maximum atomic E-state index is 15.1. The molecular formula is C58H106N4O29. The summed E-state index contributed by atoms with van der Waals surface area (Å²) in [5.74, 6) is -3.24. The zero-order valence-corrected chi connectivity index (χ0v) is 52.1. The zero-order valence-electron chi connectivity index (χ0n) is 52.1. The van der Waals surface area contributed by atoms with E-state index in [1.807, 2.05) is 0 Å². The molecule has 18 N–H and O–H groups in total. The molecule has 0 aliphatic carbocycles. The first-order valence-electron chi connectivity index (χ1n) is 32.0. The number of aliphatic carboxylic acids is 1. The van der Waals surface area contributed by atoms with Crippen LogP contribution < -0.4 is 5.32 Å². The van der Waals surface area contributed by atoms with Crippen molar-refractivity contribution in [3.05, 3.63) is 0 Å². The highest BCUT2D eigenvalue weighted by atomic mass is 16.7. The van der Waals surface area contributed by atoms with E-state index in [1.165, 1.54) is 24.2 Å². The predicted molar refractivity (Wildman–Crippen MR) is 312 cm³/mol. The van der Waals surface area contributed by atoms with E-state index < -0.39 is 245 Å². The van der Waals surface area contributed by atoms with Gasteiger partial charge in [-0.3, -0.25) is 24.1 Å². The van der Waals surface area contributed by atoms with Crippen LogP contribution in [0.2, 0.25) is 0 Å². The van der Waals surface area contributed by atoms with Gasteiger partial charge in [0.25, 0.3) is 0 Å². The van der Waals surface area contributed by atoms with Crippen molar-refractivity contribution in [2.24, 2.45) is 0 Å². The molecule has 4 rings (SSSR count). The molecule has 91 heavy (non-hydrogen) atoms. The number of rotatable bonds is 45. The third-order valence-electron chi connectivity index (χ3n) is 16.8. The van der Waals surface area contributed by atoms with Gasteiger partial charge < -0.3 is 140 Å². The lowest BCUT2D eigenvalue weighted by atomic mass is 9.99. The molecule has 4 aliphatic rings. The molecule has 4 saturated heterocycles. The van der Waals surface area contributed by atoms with Crippen molar-refractivity contribution in [3.63, 3.8) is 0 Å². The van der Waals surface area contributed by atoms with Crippen molar-refractivity contribution >= 4 is 23.7 Å². The minimum Gasteiger partial charge on any atom is -0.481 e. The van der Waals surface area contributed by atoms with Crippen molar-refractivity contribution in [1.82, 2.24) is 20.0 Å². The van der Waals surface area contributed by atoms with Gasteiger partial charge in [0.05, 0.1) is 72.0 Å². The van der Waals surface area contributed by atoms with E-state index in [0.29, 0.717) is 32.1 Å². The zero-order chi connectivity index (χ0) is 67.2. The molecule has 33 nitrogen and oxygen atoms in total. The number of nitrogens with zero attached hydrogens (tertiary/aromatic N) is 3. The largest absolute Gasteiger partial charge is 0.481 e. The van der Waals surface area contributed by atoms with E-state index in [0.717, 1.165) is 54.7 Å². The number of ether oxygens (including phenoxy) is 8. The van der Waals surface area contributed by atoms with Crippen LogP contribution in [0.3, 0.4) is 0 Å². The van der Waals surface area contributed by atoms with E-state index in [1.54, 1.807) is 0 Å². The topological polar surface area (TPSA) is 508 Å². The number of carboxylic acid groups (broad SMARTS) is 1. The van der Waals surface area contributed by atoms with Crippen LogP contribution in [0, 0.1) is 0 Å². The molecule has 4 heterocycles. The smallest absolute Gasteiger partial charge is 0.303 e. The lowest BCUT2D eigenvalue weighted by Gasteiger charge is -2.40. The summed E-state index contributed by atoms with van der Waals surface area (Å²) < 4.78 is 45.0. The summed E-state index contributed by atoms with van der Waals surface area (Å²) in [5.41, 5.74) is 0. The Labute approximate surface area is 529 Å². The summed E-state index contributed by atoms with van der Waals surface area (Å²) in [4.78, 5) is 59.8. The highest BCUT2D eigenvalue weighted by molar-refractivity contribution is 5.86. The van der Waals surface area contributed by atoms with Crippen molar-refractivity contribution < 1.29 is 144 Å². The van der Waals surface area contributed by atoms with Gasteiger partial charge in [-0.05, 0) is 19.3 Å². The Kier molecular flexibility index (Phi) is 38.1. The van der Waals surface area contributed by atoms with Gasteiger partial charge in [0.15, 0.2) is 25.2 Å². The summed E-state index contributed by atoms with van der Waals surface area (Å²) in [5, 5.41) is 178. The minimum atomic E-state index is -1.84. The summed E-state index contributed by atoms with van der Waals surface area (Å²) in [7, 11) is 0. The quantitative estimate of drug-likeness (QED) is 0.0252. The number of carboxylic acids is 1. The molecule has 4 aliphatic heterocycles. The van der Waals surface area contributed by atoms with Gasteiger partial charge in [-0.2, -0.15) is 0 Å². The van der Waals surface area contributed by atoms with Gasteiger partial charge in [-0.25, -0.2) is 0 Å². The average molecular weight is 1320 g/mol. The van der Waals surface area contributed by atoms with Gasteiger partial charge in [-0.1, -0.05) is 90.4 Å². The van der Waals surface area contributed by atoms with Crippen LogP contribution in [0.25, 0.3) is 0 Å². The number of carbonyl (C=O) groups is 4. The highest BCUT2D eigenvalue weighted by Crippen LogP contribution is 2.27. The molecule has 21 atom stereocenters. The Morgan fingerprint density at radius 2 is 0.703 bits per heavy atom. The summed E-state index contributed by atoms with van der Waals surface area (Å²) in [6.45, 7) is -5.98. The number of amides is 3. The fourth-order valence-corrected chi connectivity index (χ4v) is 11.0. The first kappa shape index (κ1) is 80.3. The lowest BCUT2D eigenvalue weighted by Crippen LogP contribution is -2.60. The molecular weight excluding hydrogens is 1220 g/mol. The second-order valence-corrected chi connectivity index (χ2v) is 23.6. The fourth-order valence-electron chi connectivity index (χ4n) is 11.0. The molecule has 0 saturated carbocycles. The van der Waals surface area contributed by atoms with Crippen LogP contribution in [-0.2, 0) is 57.1 Å². The molecule has 0 radical (unpaired) electrons. The maximum Gasteiger partial charge on any atom is 0.303 e. The van der Waals surface area contributed by atoms with Gasteiger partial charge in [0.1, 0.15) is 97.7 Å². The van der Waals surface area contributed by atoms with Gasteiger partial charge in [0.2, 0.25) is 17.7 Å². The van der Waals surface area contributed by atoms with E-state index >= 15 is 9.59 Å². The van der Waals surface area contributed by atoms with Gasteiger partial charge in [-0.15, -0.1) is 0 Å². The molecule has 0 spiro atoms. The van der Waals surface area contributed by atoms with Crippen LogP contribution in [0.4, 0.5) is 0 Å². The van der Waals surface area contributed by atoms with Crippen LogP contribution in [-0.4, -0.2) is 353 Å². The SMILES string of the molecule is CCCCCCCCCCCCCCC(C(=O)NCCCCCC(=O)O)N(CC(=O)N(CCO[C@H]1O[C@H](CO)[C@@H](O)[C@H](O)[C@@H]1O)CCO[C@H]1O[C@H](CO)[C@@H](O)[C@H](O)[C@@H]1O)CC(=O)N(CCO[C@H]1O[C@H](CO)[C@@H](O)[C@H](O)[C@@H]1O)CCO[C@H]1O[C@H](CO)[C@@H](O)[C@H](O)[C@@H]1O. The average Bonchev–Trinajstić information content (AvgIpc) is 1.04. The van der Waals surface area contributed by atoms with Gasteiger partial charge in [0, 0.05) is 39.1 Å². The van der Waals surface area contributed by atoms with Crippen molar-refractivity contribution in [3.8, 4) is 0 Å². The van der Waals surface area contributed by atoms with Gasteiger partial charge >= 0.3 is 5.97 Å².